The first-order valence-electron chi connectivity index (χ1n) is 5.24. The van der Waals surface area contributed by atoms with E-state index in [4.69, 9.17) is 16.3 Å². The molecule has 0 spiro atoms. The summed E-state index contributed by atoms with van der Waals surface area (Å²) in [6, 6.07) is 0.407. The summed E-state index contributed by atoms with van der Waals surface area (Å²) in [6.45, 7) is 2.44. The van der Waals surface area contributed by atoms with Crippen molar-refractivity contribution >= 4 is 17.5 Å². The van der Waals surface area contributed by atoms with E-state index in [9.17, 15) is 4.79 Å². The maximum absolute atomic E-state index is 11.7. The second-order valence-electron chi connectivity index (χ2n) is 4.11. The summed E-state index contributed by atoms with van der Waals surface area (Å²) in [5, 5.41) is 0. The van der Waals surface area contributed by atoms with Crippen molar-refractivity contribution in [3.05, 3.63) is 0 Å². The van der Waals surface area contributed by atoms with Crippen LogP contribution in [0.4, 0.5) is 0 Å². The van der Waals surface area contributed by atoms with Gasteiger partial charge in [0.15, 0.2) is 0 Å². The number of alkyl halides is 1. The van der Waals surface area contributed by atoms with Crippen LogP contribution in [0.25, 0.3) is 0 Å². The van der Waals surface area contributed by atoms with Crippen LogP contribution >= 0.6 is 11.6 Å². The molecule has 2 rings (SSSR count). The fourth-order valence-electron chi connectivity index (χ4n) is 2.26. The summed E-state index contributed by atoms with van der Waals surface area (Å²) < 4.78 is 5.28. The lowest BCUT2D eigenvalue weighted by Gasteiger charge is -2.31. The van der Waals surface area contributed by atoms with Crippen molar-refractivity contribution in [2.24, 2.45) is 5.92 Å². The van der Waals surface area contributed by atoms with Gasteiger partial charge in [-0.3, -0.25) is 4.79 Å². The Labute approximate surface area is 89.4 Å². The highest BCUT2D eigenvalue weighted by Crippen LogP contribution is 2.25. The third kappa shape index (κ3) is 2.04. The lowest BCUT2D eigenvalue weighted by atomic mass is 10.1. The predicted octanol–water partition coefficient (Wildman–Crippen LogP) is 1.25. The van der Waals surface area contributed by atoms with Crippen LogP contribution in [0.1, 0.15) is 19.3 Å². The molecule has 0 N–H and O–H groups in total. The molecule has 1 unspecified atom stereocenters. The van der Waals surface area contributed by atoms with Crippen molar-refractivity contribution in [1.82, 2.24) is 4.90 Å². The molecule has 4 heteroatoms. The van der Waals surface area contributed by atoms with Crippen molar-refractivity contribution in [1.29, 1.82) is 0 Å². The summed E-state index contributed by atoms with van der Waals surface area (Å²) in [7, 11) is 0. The summed E-state index contributed by atoms with van der Waals surface area (Å²) in [6.07, 6.45) is 2.61. The molecule has 2 aliphatic heterocycles. The van der Waals surface area contributed by atoms with Gasteiger partial charge in [0.2, 0.25) is 5.91 Å². The maximum atomic E-state index is 11.7. The summed E-state index contributed by atoms with van der Waals surface area (Å²) in [4.78, 5) is 13.7. The number of halogens is 1. The molecule has 2 saturated heterocycles. The predicted molar refractivity (Wildman–Crippen MR) is 54.4 cm³/mol. The quantitative estimate of drug-likeness (QED) is 0.652. The minimum absolute atomic E-state index is 0.280. The van der Waals surface area contributed by atoms with Gasteiger partial charge in [-0.2, -0.15) is 0 Å². The molecule has 2 fully saturated rings. The van der Waals surface area contributed by atoms with E-state index in [2.05, 4.69) is 0 Å². The van der Waals surface area contributed by atoms with Crippen LogP contribution in [0.15, 0.2) is 0 Å². The van der Waals surface area contributed by atoms with E-state index in [1.165, 1.54) is 0 Å². The fourth-order valence-corrected chi connectivity index (χ4v) is 2.47. The average Bonchev–Trinajstić information content (AvgIpc) is 2.61. The molecule has 1 atom stereocenters. The Morgan fingerprint density at radius 2 is 2.14 bits per heavy atom. The van der Waals surface area contributed by atoms with Gasteiger partial charge in [-0.05, 0) is 18.8 Å². The summed E-state index contributed by atoms with van der Waals surface area (Å²) >= 11 is 5.77. The van der Waals surface area contributed by atoms with Crippen LogP contribution in [-0.4, -0.2) is 42.5 Å². The molecule has 2 heterocycles. The lowest BCUT2D eigenvalue weighted by Crippen LogP contribution is -2.40. The second-order valence-corrected chi connectivity index (χ2v) is 4.42. The van der Waals surface area contributed by atoms with E-state index in [-0.39, 0.29) is 5.91 Å². The van der Waals surface area contributed by atoms with Crippen molar-refractivity contribution < 1.29 is 9.53 Å². The number of carbonyl (C=O) groups excluding carboxylic acids is 1. The molecule has 2 aliphatic rings. The molecule has 0 aromatic carbocycles. The van der Waals surface area contributed by atoms with Crippen LogP contribution in [-0.2, 0) is 9.53 Å². The Kier molecular flexibility index (Phi) is 3.29. The first kappa shape index (κ1) is 10.2. The minimum atomic E-state index is 0.280. The van der Waals surface area contributed by atoms with Crippen LogP contribution in [0.5, 0.6) is 0 Å². The number of likely N-dealkylation sites (tertiary alicyclic amines) is 1. The van der Waals surface area contributed by atoms with Gasteiger partial charge in [0.1, 0.15) is 0 Å². The Morgan fingerprint density at radius 3 is 2.71 bits per heavy atom. The summed E-state index contributed by atoms with van der Waals surface area (Å²) in [5.41, 5.74) is 0. The van der Waals surface area contributed by atoms with Crippen molar-refractivity contribution in [3.8, 4) is 0 Å². The Balaban J connectivity index is 1.93. The number of rotatable bonds is 2. The Bertz CT molecular complexity index is 216. The molecule has 0 bridgehead atoms. The number of nitrogens with zero attached hydrogens (tertiary/aromatic N) is 1. The zero-order valence-corrected chi connectivity index (χ0v) is 9.00. The molecule has 0 aliphatic carbocycles. The number of hydrogen-bond donors (Lipinski definition) is 0. The van der Waals surface area contributed by atoms with Gasteiger partial charge in [-0.1, -0.05) is 0 Å². The first-order valence-corrected chi connectivity index (χ1v) is 5.78. The zero-order chi connectivity index (χ0) is 9.97. The maximum Gasteiger partial charge on any atom is 0.223 e. The lowest BCUT2D eigenvalue weighted by molar-refractivity contribution is -0.131. The van der Waals surface area contributed by atoms with Gasteiger partial charge < -0.3 is 9.64 Å². The zero-order valence-electron chi connectivity index (χ0n) is 8.25. The molecule has 0 radical (unpaired) electrons. The van der Waals surface area contributed by atoms with E-state index >= 15 is 0 Å². The van der Waals surface area contributed by atoms with Crippen molar-refractivity contribution in [2.75, 3.05) is 25.6 Å². The van der Waals surface area contributed by atoms with E-state index < -0.39 is 0 Å². The van der Waals surface area contributed by atoms with Gasteiger partial charge >= 0.3 is 0 Å². The normalized spacial score (nSPS) is 29.9. The van der Waals surface area contributed by atoms with Crippen LogP contribution in [0.2, 0.25) is 0 Å². The Hall–Kier alpha value is -0.280. The van der Waals surface area contributed by atoms with Gasteiger partial charge in [0.25, 0.3) is 0 Å². The topological polar surface area (TPSA) is 29.5 Å². The molecule has 80 valence electrons. The standard InChI is InChI=1S/C10H16ClNO2/c11-6-8-5-10(13)12(7-8)9-1-3-14-4-2-9/h8-9H,1-7H2. The average molecular weight is 218 g/mol. The van der Waals surface area contributed by atoms with E-state index in [1.807, 2.05) is 4.90 Å². The SMILES string of the molecule is O=C1CC(CCl)CN1C1CCOCC1. The molecule has 0 aromatic heterocycles. The number of ether oxygens (including phenoxy) is 1. The monoisotopic (exact) mass is 217 g/mol. The molecule has 14 heavy (non-hydrogen) atoms. The highest BCUT2D eigenvalue weighted by Gasteiger charge is 2.34. The Morgan fingerprint density at radius 1 is 1.43 bits per heavy atom. The van der Waals surface area contributed by atoms with Crippen LogP contribution in [0, 0.1) is 5.92 Å². The van der Waals surface area contributed by atoms with Gasteiger partial charge in [-0.15, -0.1) is 11.6 Å². The van der Waals surface area contributed by atoms with Crippen LogP contribution < -0.4 is 0 Å². The van der Waals surface area contributed by atoms with Gasteiger partial charge in [0.05, 0.1) is 0 Å². The third-order valence-electron chi connectivity index (χ3n) is 3.09. The van der Waals surface area contributed by atoms with Crippen LogP contribution in [0.3, 0.4) is 0 Å². The molecule has 3 nitrogen and oxygen atoms in total. The van der Waals surface area contributed by atoms with E-state index in [0.717, 1.165) is 32.6 Å². The highest BCUT2D eigenvalue weighted by atomic mass is 35.5. The molecular formula is C10H16ClNO2. The third-order valence-corrected chi connectivity index (χ3v) is 3.52. The summed E-state index contributed by atoms with van der Waals surface area (Å²) in [5.74, 6) is 1.25. The van der Waals surface area contributed by atoms with Gasteiger partial charge in [0, 0.05) is 38.1 Å². The van der Waals surface area contributed by atoms with E-state index in [1.54, 1.807) is 0 Å². The first-order chi connectivity index (χ1) is 6.81. The van der Waals surface area contributed by atoms with Gasteiger partial charge in [-0.25, -0.2) is 0 Å². The molecule has 0 aromatic rings. The number of amides is 1. The molecule has 1 amide bonds. The number of carbonyl (C=O) groups is 1. The van der Waals surface area contributed by atoms with Crippen molar-refractivity contribution in [3.63, 3.8) is 0 Å². The van der Waals surface area contributed by atoms with Crippen molar-refractivity contribution in [2.45, 2.75) is 25.3 Å². The smallest absolute Gasteiger partial charge is 0.223 e. The highest BCUT2D eigenvalue weighted by molar-refractivity contribution is 6.18. The molecular weight excluding hydrogens is 202 g/mol. The number of hydrogen-bond acceptors (Lipinski definition) is 2. The largest absolute Gasteiger partial charge is 0.381 e. The molecule has 0 saturated carbocycles. The second kappa shape index (κ2) is 4.49. The fraction of sp³-hybridized carbons (Fsp3) is 0.900. The van der Waals surface area contributed by atoms with E-state index in [0.29, 0.717) is 24.3 Å². The minimum Gasteiger partial charge on any atom is -0.381 e.